The molecule has 0 unspecified atom stereocenters. The Morgan fingerprint density at radius 1 is 0.688 bits per heavy atom. The quantitative estimate of drug-likeness (QED) is 0.412. The van der Waals surface area contributed by atoms with Crippen molar-refractivity contribution < 1.29 is 25.6 Å². The van der Waals surface area contributed by atoms with Crippen LogP contribution in [0.2, 0.25) is 0 Å². The number of hydrogen-bond donors (Lipinski definition) is 2. The molecule has 0 atom stereocenters. The summed E-state index contributed by atoms with van der Waals surface area (Å²) in [6.07, 6.45) is 0. The number of hydrogen-bond acceptors (Lipinski definition) is 6. The molecule has 0 radical (unpaired) electrons. The predicted octanol–water partition coefficient (Wildman–Crippen LogP) is 3.53. The molecule has 164 valence electrons. The molecule has 32 heavy (non-hydrogen) atoms. The molecule has 1 aromatic heterocycles. The van der Waals surface area contributed by atoms with Crippen LogP contribution in [0.15, 0.2) is 97.9 Å². The SMILES string of the molecule is O=c1ccc2cc(S(=O)(=O)Nc3ccccc3NS(=O)(=O)c3ccc(F)cc3)ccc2o1. The second kappa shape index (κ2) is 8.09. The summed E-state index contributed by atoms with van der Waals surface area (Å²) in [5.74, 6) is -0.591. The lowest BCUT2D eigenvalue weighted by Crippen LogP contribution is -2.17. The minimum atomic E-state index is -4.12. The Balaban J connectivity index is 1.66. The molecular formula is C21H15FN2O6S2. The van der Waals surface area contributed by atoms with E-state index in [2.05, 4.69) is 9.44 Å². The Morgan fingerprint density at radius 2 is 1.25 bits per heavy atom. The van der Waals surface area contributed by atoms with Crippen LogP contribution in [0.1, 0.15) is 0 Å². The molecule has 0 spiro atoms. The molecule has 0 fully saturated rings. The molecule has 4 rings (SSSR count). The Hall–Kier alpha value is -3.70. The Kier molecular flexibility index (Phi) is 5.45. The van der Waals surface area contributed by atoms with Crippen LogP contribution in [-0.4, -0.2) is 16.8 Å². The van der Waals surface area contributed by atoms with E-state index in [1.807, 2.05) is 0 Å². The van der Waals surface area contributed by atoms with Crippen molar-refractivity contribution in [2.75, 3.05) is 9.44 Å². The Labute approximate surface area is 182 Å². The van der Waals surface area contributed by atoms with Gasteiger partial charge in [0.2, 0.25) is 0 Å². The predicted molar refractivity (Wildman–Crippen MR) is 117 cm³/mol. The number of rotatable bonds is 6. The molecule has 8 nitrogen and oxygen atoms in total. The molecule has 1 heterocycles. The topological polar surface area (TPSA) is 123 Å². The van der Waals surface area contributed by atoms with Gasteiger partial charge in [-0.2, -0.15) is 0 Å². The molecule has 0 aliphatic carbocycles. The van der Waals surface area contributed by atoms with E-state index in [0.29, 0.717) is 5.39 Å². The zero-order chi connectivity index (χ0) is 22.9. The lowest BCUT2D eigenvalue weighted by molar-refractivity contribution is 0.560. The van der Waals surface area contributed by atoms with Crippen molar-refractivity contribution in [3.63, 3.8) is 0 Å². The number of sulfonamides is 2. The summed E-state index contributed by atoms with van der Waals surface area (Å²) in [7, 11) is -8.22. The van der Waals surface area contributed by atoms with Crippen LogP contribution in [0.5, 0.6) is 0 Å². The van der Waals surface area contributed by atoms with Crippen LogP contribution < -0.4 is 15.1 Å². The van der Waals surface area contributed by atoms with Gasteiger partial charge in [0.25, 0.3) is 20.0 Å². The van der Waals surface area contributed by atoms with Gasteiger partial charge < -0.3 is 4.42 Å². The van der Waals surface area contributed by atoms with Crippen LogP contribution >= 0.6 is 0 Å². The summed E-state index contributed by atoms with van der Waals surface area (Å²) < 4.78 is 73.9. The normalized spacial score (nSPS) is 11.9. The maximum Gasteiger partial charge on any atom is 0.336 e. The third-order valence-electron chi connectivity index (χ3n) is 4.44. The van der Waals surface area contributed by atoms with Gasteiger partial charge in [-0.3, -0.25) is 9.44 Å². The highest BCUT2D eigenvalue weighted by Gasteiger charge is 2.20. The fourth-order valence-electron chi connectivity index (χ4n) is 2.90. The fraction of sp³-hybridized carbons (Fsp3) is 0. The van der Waals surface area contributed by atoms with Crippen LogP contribution in [0.3, 0.4) is 0 Å². The highest BCUT2D eigenvalue weighted by molar-refractivity contribution is 7.93. The molecule has 4 aromatic rings. The zero-order valence-electron chi connectivity index (χ0n) is 16.1. The third kappa shape index (κ3) is 4.48. The molecule has 0 amide bonds. The number of nitrogens with one attached hydrogen (secondary N) is 2. The summed E-state index contributed by atoms with van der Waals surface area (Å²) >= 11 is 0. The highest BCUT2D eigenvalue weighted by atomic mass is 32.2. The van der Waals surface area contributed by atoms with Gasteiger partial charge in [0.15, 0.2) is 0 Å². The van der Waals surface area contributed by atoms with Crippen molar-refractivity contribution in [1.29, 1.82) is 0 Å². The van der Waals surface area contributed by atoms with Gasteiger partial charge in [0, 0.05) is 11.5 Å². The highest BCUT2D eigenvalue weighted by Crippen LogP contribution is 2.28. The maximum atomic E-state index is 13.1. The molecule has 3 aromatic carbocycles. The number of benzene rings is 3. The van der Waals surface area contributed by atoms with Gasteiger partial charge in [0.05, 0.1) is 21.2 Å². The van der Waals surface area contributed by atoms with E-state index < -0.39 is 31.5 Å². The van der Waals surface area contributed by atoms with E-state index in [1.165, 1.54) is 54.6 Å². The molecular weight excluding hydrogens is 459 g/mol. The van der Waals surface area contributed by atoms with Crippen molar-refractivity contribution in [2.45, 2.75) is 9.79 Å². The van der Waals surface area contributed by atoms with E-state index in [-0.39, 0.29) is 26.7 Å². The van der Waals surface area contributed by atoms with Crippen LogP contribution in [-0.2, 0) is 20.0 Å². The van der Waals surface area contributed by atoms with Gasteiger partial charge in [-0.05, 0) is 60.7 Å². The second-order valence-corrected chi connectivity index (χ2v) is 10.0. The van der Waals surface area contributed by atoms with E-state index in [0.717, 1.165) is 24.3 Å². The van der Waals surface area contributed by atoms with Crippen LogP contribution in [0, 0.1) is 5.82 Å². The summed E-state index contributed by atoms with van der Waals surface area (Å²) in [5.41, 5.74) is -0.373. The van der Waals surface area contributed by atoms with Crippen LogP contribution in [0.25, 0.3) is 11.0 Å². The van der Waals surface area contributed by atoms with Crippen molar-refractivity contribution in [3.8, 4) is 0 Å². The first-order valence-corrected chi connectivity index (χ1v) is 12.0. The summed E-state index contributed by atoms with van der Waals surface area (Å²) in [6.45, 7) is 0. The van der Waals surface area contributed by atoms with Gasteiger partial charge in [-0.25, -0.2) is 26.0 Å². The first-order chi connectivity index (χ1) is 15.1. The van der Waals surface area contributed by atoms with Crippen molar-refractivity contribution in [1.82, 2.24) is 0 Å². The summed E-state index contributed by atoms with van der Waals surface area (Å²) in [6, 6.07) is 16.6. The molecule has 0 aliphatic rings. The van der Waals surface area contributed by atoms with Gasteiger partial charge >= 0.3 is 5.63 Å². The Bertz CT molecular complexity index is 1580. The third-order valence-corrected chi connectivity index (χ3v) is 7.19. The van der Waals surface area contributed by atoms with Crippen molar-refractivity contribution in [2.24, 2.45) is 0 Å². The molecule has 11 heteroatoms. The van der Waals surface area contributed by atoms with E-state index in [1.54, 1.807) is 0 Å². The summed E-state index contributed by atoms with van der Waals surface area (Å²) in [4.78, 5) is 11.0. The van der Waals surface area contributed by atoms with Crippen molar-refractivity contribution >= 4 is 42.4 Å². The zero-order valence-corrected chi connectivity index (χ0v) is 17.8. The smallest absolute Gasteiger partial charge is 0.336 e. The van der Waals surface area contributed by atoms with E-state index in [9.17, 15) is 26.0 Å². The maximum absolute atomic E-state index is 13.1. The summed E-state index contributed by atoms with van der Waals surface area (Å²) in [5, 5.41) is 0.401. The number of fused-ring (bicyclic) bond motifs is 1. The minimum Gasteiger partial charge on any atom is -0.423 e. The van der Waals surface area contributed by atoms with Gasteiger partial charge in [-0.15, -0.1) is 0 Å². The van der Waals surface area contributed by atoms with Gasteiger partial charge in [-0.1, -0.05) is 12.1 Å². The van der Waals surface area contributed by atoms with Gasteiger partial charge in [0.1, 0.15) is 11.4 Å². The molecule has 0 saturated carbocycles. The second-order valence-electron chi connectivity index (χ2n) is 6.66. The molecule has 0 aliphatic heterocycles. The van der Waals surface area contributed by atoms with E-state index >= 15 is 0 Å². The number of anilines is 2. The largest absolute Gasteiger partial charge is 0.423 e. The first-order valence-electron chi connectivity index (χ1n) is 9.08. The van der Waals surface area contributed by atoms with Crippen molar-refractivity contribution in [3.05, 3.63) is 95.1 Å². The number of para-hydroxylation sites is 2. The monoisotopic (exact) mass is 474 g/mol. The average molecular weight is 474 g/mol. The Morgan fingerprint density at radius 3 is 1.88 bits per heavy atom. The fourth-order valence-corrected chi connectivity index (χ4v) is 5.09. The molecule has 2 N–H and O–H groups in total. The standard InChI is InChI=1S/C21H15FN2O6S2/c22-15-6-8-16(9-7-15)31(26,27)23-18-3-1-2-4-19(18)24-32(28,29)17-10-11-20-14(13-17)5-12-21(25)30-20/h1-13,23-24H. The number of halogens is 1. The van der Waals surface area contributed by atoms with E-state index in [4.69, 9.17) is 4.42 Å². The lowest BCUT2D eigenvalue weighted by Gasteiger charge is -2.15. The molecule has 0 bridgehead atoms. The average Bonchev–Trinajstić information content (AvgIpc) is 2.74. The lowest BCUT2D eigenvalue weighted by atomic mass is 10.2. The minimum absolute atomic E-state index is 0.0159. The first kappa shape index (κ1) is 21.5. The molecule has 0 saturated heterocycles. The van der Waals surface area contributed by atoms with Crippen LogP contribution in [0.4, 0.5) is 15.8 Å².